The maximum Gasteiger partial charge on any atom is 0.293 e. The molecule has 1 saturated heterocycles. The van der Waals surface area contributed by atoms with Crippen molar-refractivity contribution in [3.05, 3.63) is 88.3 Å². The lowest BCUT2D eigenvalue weighted by Crippen LogP contribution is -2.27. The average molecular weight is 415 g/mol. The number of imide groups is 1. The van der Waals surface area contributed by atoms with Gasteiger partial charge in [-0.05, 0) is 53.7 Å². The number of hydrogen-bond acceptors (Lipinski definition) is 4. The normalized spacial score (nSPS) is 15.6. The number of rotatable bonds is 4. The van der Waals surface area contributed by atoms with Crippen LogP contribution in [0.1, 0.15) is 11.3 Å². The van der Waals surface area contributed by atoms with Gasteiger partial charge in [-0.25, -0.2) is 13.2 Å². The number of halogens is 3. The van der Waals surface area contributed by atoms with E-state index in [1.54, 1.807) is 0 Å². The molecular formula is C21H12F3NO3S. The van der Waals surface area contributed by atoms with E-state index in [0.29, 0.717) is 5.56 Å². The summed E-state index contributed by atoms with van der Waals surface area (Å²) in [5, 5.41) is -0.457. The number of furan rings is 1. The summed E-state index contributed by atoms with van der Waals surface area (Å²) in [6.07, 6.45) is 1.39. The van der Waals surface area contributed by atoms with Gasteiger partial charge in [0.15, 0.2) is 0 Å². The fraction of sp³-hybridized carbons (Fsp3) is 0.0476. The van der Waals surface area contributed by atoms with Crippen LogP contribution in [0.2, 0.25) is 0 Å². The van der Waals surface area contributed by atoms with Crippen molar-refractivity contribution in [1.82, 2.24) is 4.90 Å². The monoisotopic (exact) mass is 415 g/mol. The number of carbonyl (C=O) groups excluding carboxylic acids is 2. The smallest absolute Gasteiger partial charge is 0.293 e. The Kier molecular flexibility index (Phi) is 5.02. The Morgan fingerprint density at radius 3 is 2.38 bits per heavy atom. The number of hydrogen-bond donors (Lipinski definition) is 0. The van der Waals surface area contributed by atoms with Gasteiger partial charge in [-0.3, -0.25) is 14.5 Å². The van der Waals surface area contributed by atoms with Gasteiger partial charge in [-0.1, -0.05) is 12.1 Å². The maximum atomic E-state index is 13.9. The van der Waals surface area contributed by atoms with Crippen molar-refractivity contribution in [2.24, 2.45) is 0 Å². The fourth-order valence-corrected chi connectivity index (χ4v) is 3.62. The van der Waals surface area contributed by atoms with E-state index in [2.05, 4.69) is 0 Å². The summed E-state index contributed by atoms with van der Waals surface area (Å²) in [6, 6.07) is 11.6. The molecule has 2 heterocycles. The molecule has 0 unspecified atom stereocenters. The Morgan fingerprint density at radius 2 is 1.66 bits per heavy atom. The molecule has 0 N–H and O–H groups in total. The van der Waals surface area contributed by atoms with Crippen LogP contribution < -0.4 is 0 Å². The van der Waals surface area contributed by atoms with Gasteiger partial charge in [0.05, 0.1) is 17.0 Å². The van der Waals surface area contributed by atoms with E-state index >= 15 is 0 Å². The molecular weight excluding hydrogens is 403 g/mol. The lowest BCUT2D eigenvalue weighted by molar-refractivity contribution is -0.123. The predicted molar refractivity (Wildman–Crippen MR) is 102 cm³/mol. The molecule has 4 nitrogen and oxygen atoms in total. The topological polar surface area (TPSA) is 50.5 Å². The molecule has 1 fully saturated rings. The number of amides is 2. The Bertz CT molecular complexity index is 1140. The molecule has 1 aromatic heterocycles. The van der Waals surface area contributed by atoms with E-state index in [-0.39, 0.29) is 28.5 Å². The molecule has 8 heteroatoms. The van der Waals surface area contributed by atoms with E-state index in [1.807, 2.05) is 0 Å². The Labute approximate surface area is 167 Å². The second-order valence-electron chi connectivity index (χ2n) is 6.22. The summed E-state index contributed by atoms with van der Waals surface area (Å²) in [6.45, 7) is 0.0203. The molecule has 3 aromatic rings. The molecule has 0 aliphatic carbocycles. The van der Waals surface area contributed by atoms with Crippen LogP contribution in [0.15, 0.2) is 63.9 Å². The molecule has 0 radical (unpaired) electrons. The number of nitrogens with zero attached hydrogens (tertiary/aromatic N) is 1. The first-order valence-electron chi connectivity index (χ1n) is 8.46. The van der Waals surface area contributed by atoms with Crippen LogP contribution in [-0.4, -0.2) is 16.0 Å². The van der Waals surface area contributed by atoms with Crippen LogP contribution in [0, 0.1) is 17.5 Å². The van der Waals surface area contributed by atoms with Crippen molar-refractivity contribution < 1.29 is 27.2 Å². The van der Waals surface area contributed by atoms with Crippen LogP contribution >= 0.6 is 11.8 Å². The lowest BCUT2D eigenvalue weighted by atomic mass is 10.1. The van der Waals surface area contributed by atoms with Crippen molar-refractivity contribution in [3.63, 3.8) is 0 Å². The molecule has 4 rings (SSSR count). The predicted octanol–water partition coefficient (Wildman–Crippen LogP) is 5.60. The van der Waals surface area contributed by atoms with Gasteiger partial charge < -0.3 is 4.42 Å². The van der Waals surface area contributed by atoms with Gasteiger partial charge >= 0.3 is 0 Å². The number of benzene rings is 2. The quantitative estimate of drug-likeness (QED) is 0.521. The van der Waals surface area contributed by atoms with Crippen LogP contribution in [0.3, 0.4) is 0 Å². The molecule has 0 spiro atoms. The van der Waals surface area contributed by atoms with E-state index in [9.17, 15) is 22.8 Å². The second kappa shape index (κ2) is 7.63. The standard InChI is InChI=1S/C21H12F3NO3S/c22-13-3-1-12(2-4-13)11-25-20(26)19(29-21(25)27)10-15-6-8-18(28-15)16-7-5-14(23)9-17(16)24/h1-10H,11H2/b19-10+. The highest BCUT2D eigenvalue weighted by molar-refractivity contribution is 8.18. The third-order valence-corrected chi connectivity index (χ3v) is 5.13. The van der Waals surface area contributed by atoms with Crippen LogP contribution in [0.25, 0.3) is 17.4 Å². The van der Waals surface area contributed by atoms with Crippen LogP contribution in [0.5, 0.6) is 0 Å². The van der Waals surface area contributed by atoms with Crippen molar-refractivity contribution in [2.45, 2.75) is 6.54 Å². The molecule has 1 aliphatic heterocycles. The van der Waals surface area contributed by atoms with Gasteiger partial charge in [-0.15, -0.1) is 0 Å². The van der Waals surface area contributed by atoms with E-state index in [0.717, 1.165) is 28.8 Å². The van der Waals surface area contributed by atoms with Gasteiger partial charge in [-0.2, -0.15) is 0 Å². The van der Waals surface area contributed by atoms with Crippen molar-refractivity contribution in [3.8, 4) is 11.3 Å². The van der Waals surface area contributed by atoms with Gasteiger partial charge in [0.2, 0.25) is 0 Å². The molecule has 0 atom stereocenters. The summed E-state index contributed by atoms with van der Waals surface area (Å²) >= 11 is 0.750. The minimum Gasteiger partial charge on any atom is -0.457 e. The summed E-state index contributed by atoms with van der Waals surface area (Å²) in [7, 11) is 0. The number of thioether (sulfide) groups is 1. The zero-order chi connectivity index (χ0) is 20.5. The van der Waals surface area contributed by atoms with Crippen molar-refractivity contribution in [2.75, 3.05) is 0 Å². The summed E-state index contributed by atoms with van der Waals surface area (Å²) in [4.78, 5) is 26.0. The first-order valence-corrected chi connectivity index (χ1v) is 9.27. The Hall–Kier alpha value is -3.26. The highest BCUT2D eigenvalue weighted by Gasteiger charge is 2.35. The number of carbonyl (C=O) groups is 2. The maximum absolute atomic E-state index is 13.9. The summed E-state index contributed by atoms with van der Waals surface area (Å²) < 4.78 is 45.5. The highest BCUT2D eigenvalue weighted by Crippen LogP contribution is 2.34. The fourth-order valence-electron chi connectivity index (χ4n) is 2.80. The summed E-state index contributed by atoms with van der Waals surface area (Å²) in [5.41, 5.74) is 0.692. The van der Waals surface area contributed by atoms with Gasteiger partial charge in [0.25, 0.3) is 11.1 Å². The van der Waals surface area contributed by atoms with Crippen LogP contribution in [-0.2, 0) is 11.3 Å². The largest absolute Gasteiger partial charge is 0.457 e. The highest BCUT2D eigenvalue weighted by atomic mass is 32.2. The first-order chi connectivity index (χ1) is 13.9. The zero-order valence-corrected chi connectivity index (χ0v) is 15.5. The SMILES string of the molecule is O=C1S/C(=C/c2ccc(-c3ccc(F)cc3F)o2)C(=O)N1Cc1ccc(F)cc1. The third kappa shape index (κ3) is 3.97. The minimum absolute atomic E-state index is 0.0203. The van der Waals surface area contributed by atoms with Crippen molar-refractivity contribution >= 4 is 29.0 Å². The van der Waals surface area contributed by atoms with E-state index < -0.39 is 28.6 Å². The first kappa shape index (κ1) is 19.1. The lowest BCUT2D eigenvalue weighted by Gasteiger charge is -2.12. The third-order valence-electron chi connectivity index (χ3n) is 4.22. The Morgan fingerprint density at radius 1 is 0.931 bits per heavy atom. The van der Waals surface area contributed by atoms with Crippen molar-refractivity contribution in [1.29, 1.82) is 0 Å². The molecule has 0 bridgehead atoms. The molecule has 2 aromatic carbocycles. The van der Waals surface area contributed by atoms with E-state index in [4.69, 9.17) is 4.42 Å². The molecule has 1 aliphatic rings. The molecule has 2 amide bonds. The second-order valence-corrected chi connectivity index (χ2v) is 7.21. The minimum atomic E-state index is -0.773. The van der Waals surface area contributed by atoms with Gasteiger partial charge in [0, 0.05) is 12.1 Å². The van der Waals surface area contributed by atoms with Gasteiger partial charge in [0.1, 0.15) is 29.0 Å². The molecule has 29 heavy (non-hydrogen) atoms. The van der Waals surface area contributed by atoms with Crippen LogP contribution in [0.4, 0.5) is 18.0 Å². The van der Waals surface area contributed by atoms with E-state index in [1.165, 1.54) is 48.5 Å². The summed E-state index contributed by atoms with van der Waals surface area (Å²) in [5.74, 6) is -1.97. The average Bonchev–Trinajstić information content (AvgIpc) is 3.24. The molecule has 0 saturated carbocycles. The molecule has 146 valence electrons. The zero-order valence-electron chi connectivity index (χ0n) is 14.7. The Balaban J connectivity index is 1.54.